The fourth-order valence-electron chi connectivity index (χ4n) is 0.718. The molecular weight excluding hydrogens is 253 g/mol. The highest BCUT2D eigenvalue weighted by Gasteiger charge is 2.38. The van der Waals surface area contributed by atoms with Crippen LogP contribution in [0.1, 0.15) is 10.4 Å². The maximum absolute atomic E-state index is 11.0. The zero-order valence-electron chi connectivity index (χ0n) is 8.98. The van der Waals surface area contributed by atoms with Gasteiger partial charge in [-0.1, -0.05) is 24.8 Å². The maximum atomic E-state index is 11.0. The number of hydrogen-bond acceptors (Lipinski definition) is 3. The number of aliphatic carboxylic acids is 1. The molecular formula is C11H9F3O4. The normalized spacial score (nSPS) is 9.72. The number of alkyl halides is 3. The minimum atomic E-state index is -5.08. The third-order valence-corrected chi connectivity index (χ3v) is 1.44. The van der Waals surface area contributed by atoms with Crippen LogP contribution in [0.15, 0.2) is 43.2 Å². The molecule has 0 saturated heterocycles. The Morgan fingerprint density at radius 3 is 2.00 bits per heavy atom. The van der Waals surface area contributed by atoms with Crippen LogP contribution < -0.4 is 0 Å². The van der Waals surface area contributed by atoms with Crippen molar-refractivity contribution in [1.29, 1.82) is 0 Å². The van der Waals surface area contributed by atoms with Crippen molar-refractivity contribution in [2.24, 2.45) is 0 Å². The number of carboxylic acids is 1. The molecule has 0 radical (unpaired) electrons. The molecule has 0 aromatic heterocycles. The van der Waals surface area contributed by atoms with Gasteiger partial charge in [-0.2, -0.15) is 13.2 Å². The molecule has 0 saturated carbocycles. The van der Waals surface area contributed by atoms with Crippen molar-refractivity contribution >= 4 is 11.9 Å². The van der Waals surface area contributed by atoms with E-state index in [1.165, 1.54) is 0 Å². The first kappa shape index (κ1) is 15.7. The molecule has 0 aliphatic heterocycles. The van der Waals surface area contributed by atoms with E-state index in [0.717, 1.165) is 6.26 Å². The Kier molecular flexibility index (Phi) is 6.19. The van der Waals surface area contributed by atoms with Crippen LogP contribution in [0, 0.1) is 0 Å². The summed E-state index contributed by atoms with van der Waals surface area (Å²) in [6.07, 6.45) is -3.96. The number of esters is 1. The molecule has 0 aliphatic rings. The Morgan fingerprint density at radius 1 is 1.22 bits per heavy atom. The van der Waals surface area contributed by atoms with Gasteiger partial charge >= 0.3 is 18.1 Å². The quantitative estimate of drug-likeness (QED) is 0.657. The van der Waals surface area contributed by atoms with Crippen LogP contribution in [0.5, 0.6) is 0 Å². The van der Waals surface area contributed by atoms with E-state index in [9.17, 15) is 18.0 Å². The van der Waals surface area contributed by atoms with Gasteiger partial charge in [-0.3, -0.25) is 0 Å². The fraction of sp³-hybridized carbons (Fsp3) is 0.0909. The molecule has 0 spiro atoms. The van der Waals surface area contributed by atoms with Crippen LogP contribution in [0.2, 0.25) is 0 Å². The van der Waals surface area contributed by atoms with Gasteiger partial charge in [-0.15, -0.1) is 0 Å². The molecule has 0 amide bonds. The van der Waals surface area contributed by atoms with Crippen molar-refractivity contribution < 1.29 is 32.6 Å². The van der Waals surface area contributed by atoms with E-state index in [1.54, 1.807) is 24.3 Å². The molecule has 4 nitrogen and oxygen atoms in total. The molecule has 0 bridgehead atoms. The highest BCUT2D eigenvalue weighted by molar-refractivity contribution is 5.89. The second-order valence-electron chi connectivity index (χ2n) is 2.74. The van der Waals surface area contributed by atoms with Crippen molar-refractivity contribution in [2.45, 2.75) is 6.18 Å². The van der Waals surface area contributed by atoms with Gasteiger partial charge in [0.25, 0.3) is 0 Å². The van der Waals surface area contributed by atoms with Gasteiger partial charge in [0.15, 0.2) is 0 Å². The minimum Gasteiger partial charge on any atom is -0.475 e. The lowest BCUT2D eigenvalue weighted by molar-refractivity contribution is -0.192. The lowest BCUT2D eigenvalue weighted by Crippen LogP contribution is -2.21. The van der Waals surface area contributed by atoms with Gasteiger partial charge in [0, 0.05) is 0 Å². The Bertz CT molecular complexity index is 412. The summed E-state index contributed by atoms with van der Waals surface area (Å²) in [5.41, 5.74) is 0.535. The van der Waals surface area contributed by atoms with E-state index in [1.807, 2.05) is 6.07 Å². The van der Waals surface area contributed by atoms with E-state index in [-0.39, 0.29) is 5.97 Å². The van der Waals surface area contributed by atoms with Gasteiger partial charge in [0.1, 0.15) is 0 Å². The largest absolute Gasteiger partial charge is 0.490 e. The summed E-state index contributed by atoms with van der Waals surface area (Å²) in [6.45, 7) is 3.28. The molecule has 1 aromatic carbocycles. The van der Waals surface area contributed by atoms with Crippen LogP contribution in [-0.4, -0.2) is 23.2 Å². The molecule has 1 rings (SSSR count). The predicted octanol–water partition coefficient (Wildman–Crippen LogP) is 2.62. The van der Waals surface area contributed by atoms with Gasteiger partial charge in [0.05, 0.1) is 11.8 Å². The Labute approximate surface area is 100 Å². The van der Waals surface area contributed by atoms with Gasteiger partial charge in [0.2, 0.25) is 0 Å². The molecule has 18 heavy (non-hydrogen) atoms. The van der Waals surface area contributed by atoms with Crippen molar-refractivity contribution in [2.75, 3.05) is 0 Å². The first-order valence-electron chi connectivity index (χ1n) is 4.46. The first-order chi connectivity index (χ1) is 8.29. The lowest BCUT2D eigenvalue weighted by atomic mass is 10.2. The second kappa shape index (κ2) is 7.10. The molecule has 0 heterocycles. The minimum absolute atomic E-state index is 0.374. The number of halogens is 3. The highest BCUT2D eigenvalue weighted by atomic mass is 19.4. The van der Waals surface area contributed by atoms with Crippen LogP contribution in [0.4, 0.5) is 13.2 Å². The van der Waals surface area contributed by atoms with Crippen LogP contribution in [0.25, 0.3) is 0 Å². The molecule has 0 atom stereocenters. The number of hydrogen-bond donors (Lipinski definition) is 1. The highest BCUT2D eigenvalue weighted by Crippen LogP contribution is 2.13. The molecule has 7 heteroatoms. The van der Waals surface area contributed by atoms with Crippen molar-refractivity contribution in [3.05, 3.63) is 48.7 Å². The fourth-order valence-corrected chi connectivity index (χ4v) is 0.718. The van der Waals surface area contributed by atoms with E-state index in [0.29, 0.717) is 5.56 Å². The number of carboxylic acid groups (broad SMARTS) is 1. The molecule has 1 N–H and O–H groups in total. The van der Waals surface area contributed by atoms with Crippen LogP contribution in [-0.2, 0) is 9.53 Å². The van der Waals surface area contributed by atoms with Crippen LogP contribution in [0.3, 0.4) is 0 Å². The molecule has 0 fully saturated rings. The number of benzene rings is 1. The van der Waals surface area contributed by atoms with E-state index in [2.05, 4.69) is 11.3 Å². The summed E-state index contributed by atoms with van der Waals surface area (Å²) in [6, 6.07) is 8.77. The number of carbonyl (C=O) groups excluding carboxylic acids is 1. The van der Waals surface area contributed by atoms with E-state index >= 15 is 0 Å². The van der Waals surface area contributed by atoms with Crippen molar-refractivity contribution in [3.63, 3.8) is 0 Å². The molecule has 0 unspecified atom stereocenters. The van der Waals surface area contributed by atoms with Gasteiger partial charge in [-0.05, 0) is 12.1 Å². The number of rotatable bonds is 2. The van der Waals surface area contributed by atoms with Gasteiger partial charge in [-0.25, -0.2) is 9.59 Å². The SMILES string of the molecule is C=COC(=O)c1ccccc1.O=C(O)C(F)(F)F. The molecule has 1 aromatic rings. The Morgan fingerprint density at radius 2 is 1.67 bits per heavy atom. The zero-order valence-corrected chi connectivity index (χ0v) is 8.98. The van der Waals surface area contributed by atoms with Crippen LogP contribution >= 0.6 is 0 Å². The summed E-state index contributed by atoms with van der Waals surface area (Å²) in [7, 11) is 0. The van der Waals surface area contributed by atoms with Crippen molar-refractivity contribution in [1.82, 2.24) is 0 Å². The first-order valence-corrected chi connectivity index (χ1v) is 4.46. The van der Waals surface area contributed by atoms with E-state index < -0.39 is 12.1 Å². The van der Waals surface area contributed by atoms with Gasteiger partial charge < -0.3 is 9.84 Å². The lowest BCUT2D eigenvalue weighted by Gasteiger charge is -1.96. The Hall–Kier alpha value is -2.31. The monoisotopic (exact) mass is 262 g/mol. The summed E-state index contributed by atoms with van der Waals surface area (Å²) >= 11 is 0. The predicted molar refractivity (Wildman–Crippen MR) is 55.7 cm³/mol. The zero-order chi connectivity index (χ0) is 14.2. The summed E-state index contributed by atoms with van der Waals surface area (Å²) in [5.74, 6) is -3.13. The third-order valence-electron chi connectivity index (χ3n) is 1.44. The Balaban J connectivity index is 0.000000360. The summed E-state index contributed by atoms with van der Waals surface area (Å²) in [5, 5.41) is 7.12. The third kappa shape index (κ3) is 6.31. The van der Waals surface area contributed by atoms with Crippen molar-refractivity contribution in [3.8, 4) is 0 Å². The average molecular weight is 262 g/mol. The maximum Gasteiger partial charge on any atom is 0.490 e. The topological polar surface area (TPSA) is 63.6 Å². The standard InChI is InChI=1S/C9H8O2.C2HF3O2/c1-2-11-9(10)8-6-4-3-5-7-8;3-2(4,5)1(6)7/h2-7H,1H2;(H,6,7). The average Bonchev–Trinajstić information content (AvgIpc) is 2.30. The second-order valence-corrected chi connectivity index (χ2v) is 2.74. The molecule has 0 aliphatic carbocycles. The summed E-state index contributed by atoms with van der Waals surface area (Å²) in [4.78, 5) is 19.8. The smallest absolute Gasteiger partial charge is 0.475 e. The molecule has 98 valence electrons. The number of carbonyl (C=O) groups is 2. The summed E-state index contributed by atoms with van der Waals surface area (Å²) < 4.78 is 36.3. The number of ether oxygens (including phenoxy) is 1. The van der Waals surface area contributed by atoms with E-state index in [4.69, 9.17) is 9.90 Å².